The molecular weight excluding hydrogens is 297 g/mol. The fourth-order valence-electron chi connectivity index (χ4n) is 1.70. The third-order valence-electron chi connectivity index (χ3n) is 2.69. The van der Waals surface area contributed by atoms with E-state index in [0.717, 1.165) is 5.69 Å². The van der Waals surface area contributed by atoms with Crippen molar-refractivity contribution in [1.29, 1.82) is 0 Å². The average Bonchev–Trinajstić information content (AvgIpc) is 2.38. The molecule has 2 rings (SSSR count). The quantitative estimate of drug-likeness (QED) is 0.879. The Labute approximate surface area is 127 Å². The monoisotopic (exact) mass is 309 g/mol. The fourth-order valence-corrected chi connectivity index (χ4v) is 2.26. The highest BCUT2D eigenvalue weighted by atomic mass is 35.5. The van der Waals surface area contributed by atoms with E-state index in [2.05, 4.69) is 10.3 Å². The van der Waals surface area contributed by atoms with Crippen LogP contribution in [0.5, 0.6) is 0 Å². The maximum absolute atomic E-state index is 12.1. The first kappa shape index (κ1) is 14.6. The van der Waals surface area contributed by atoms with Gasteiger partial charge in [-0.2, -0.15) is 0 Å². The summed E-state index contributed by atoms with van der Waals surface area (Å²) in [6, 6.07) is 8.58. The van der Waals surface area contributed by atoms with Crippen LogP contribution in [-0.2, 0) is 0 Å². The summed E-state index contributed by atoms with van der Waals surface area (Å²) in [6.07, 6.45) is 1.53. The van der Waals surface area contributed by atoms with Crippen molar-refractivity contribution >= 4 is 40.5 Å². The van der Waals surface area contributed by atoms with E-state index in [4.69, 9.17) is 23.2 Å². The molecule has 0 aliphatic rings. The van der Waals surface area contributed by atoms with Gasteiger partial charge in [0.25, 0.3) is 5.91 Å². The van der Waals surface area contributed by atoms with Crippen molar-refractivity contribution in [3.05, 3.63) is 52.3 Å². The van der Waals surface area contributed by atoms with Crippen LogP contribution in [0.4, 0.5) is 11.4 Å². The van der Waals surface area contributed by atoms with Gasteiger partial charge in [0.1, 0.15) is 5.15 Å². The molecule has 0 bridgehead atoms. The minimum absolute atomic E-state index is 0.168. The number of benzene rings is 1. The minimum Gasteiger partial charge on any atom is -0.376 e. The van der Waals surface area contributed by atoms with Gasteiger partial charge in [0.15, 0.2) is 0 Å². The zero-order valence-electron chi connectivity index (χ0n) is 11.0. The van der Waals surface area contributed by atoms with E-state index < -0.39 is 0 Å². The van der Waals surface area contributed by atoms with Gasteiger partial charge in [0.05, 0.1) is 16.3 Å². The van der Waals surface area contributed by atoms with E-state index in [-0.39, 0.29) is 11.1 Å². The van der Waals surface area contributed by atoms with Crippen molar-refractivity contribution in [1.82, 2.24) is 4.98 Å². The molecule has 1 aromatic heterocycles. The lowest BCUT2D eigenvalue weighted by Crippen LogP contribution is -2.13. The summed E-state index contributed by atoms with van der Waals surface area (Å²) in [5.74, 6) is -0.322. The van der Waals surface area contributed by atoms with E-state index in [9.17, 15) is 4.79 Å². The number of rotatable bonds is 3. The molecule has 20 heavy (non-hydrogen) atoms. The summed E-state index contributed by atoms with van der Waals surface area (Å²) < 4.78 is 0. The predicted molar refractivity (Wildman–Crippen MR) is 83.0 cm³/mol. The molecule has 0 unspecified atom stereocenters. The smallest absolute Gasteiger partial charge is 0.258 e. The van der Waals surface area contributed by atoms with Crippen LogP contribution in [0.3, 0.4) is 0 Å². The highest BCUT2D eigenvalue weighted by molar-refractivity contribution is 6.34. The van der Waals surface area contributed by atoms with Crippen LogP contribution in [0.2, 0.25) is 10.2 Å². The molecule has 0 atom stereocenters. The summed E-state index contributed by atoms with van der Waals surface area (Å²) in [5, 5.41) is 3.47. The molecule has 0 aliphatic carbocycles. The van der Waals surface area contributed by atoms with Gasteiger partial charge >= 0.3 is 0 Å². The van der Waals surface area contributed by atoms with Crippen LogP contribution in [0, 0.1) is 0 Å². The Morgan fingerprint density at radius 2 is 2.00 bits per heavy atom. The molecule has 6 heteroatoms. The van der Waals surface area contributed by atoms with Crippen molar-refractivity contribution in [2.75, 3.05) is 24.3 Å². The third kappa shape index (κ3) is 3.21. The van der Waals surface area contributed by atoms with Crippen LogP contribution in [0.15, 0.2) is 36.5 Å². The molecule has 1 N–H and O–H groups in total. The summed E-state index contributed by atoms with van der Waals surface area (Å²) in [7, 11) is 3.80. The third-order valence-corrected chi connectivity index (χ3v) is 3.29. The molecule has 0 spiro atoms. The van der Waals surface area contributed by atoms with Crippen LogP contribution in [0.1, 0.15) is 10.4 Å². The van der Waals surface area contributed by atoms with Gasteiger partial charge in [0, 0.05) is 26.0 Å². The van der Waals surface area contributed by atoms with Crippen LogP contribution < -0.4 is 10.2 Å². The van der Waals surface area contributed by atoms with Gasteiger partial charge in [-0.25, -0.2) is 4.98 Å². The van der Waals surface area contributed by atoms with Crippen LogP contribution in [0.25, 0.3) is 0 Å². The second kappa shape index (κ2) is 6.11. The Kier molecular flexibility index (Phi) is 4.47. The van der Waals surface area contributed by atoms with Crippen LogP contribution >= 0.6 is 23.2 Å². The lowest BCUT2D eigenvalue weighted by molar-refractivity contribution is 0.102. The maximum Gasteiger partial charge on any atom is 0.258 e. The van der Waals surface area contributed by atoms with Gasteiger partial charge in [-0.05, 0) is 30.3 Å². The van der Waals surface area contributed by atoms with Crippen molar-refractivity contribution < 1.29 is 4.79 Å². The molecule has 1 amide bonds. The van der Waals surface area contributed by atoms with Gasteiger partial charge < -0.3 is 10.2 Å². The van der Waals surface area contributed by atoms with Crippen molar-refractivity contribution in [3.63, 3.8) is 0 Å². The Balaban J connectivity index is 2.21. The SMILES string of the molecule is CN(C)c1ccc(NC(=O)c2cccnc2Cl)cc1Cl. The number of anilines is 2. The Morgan fingerprint density at radius 3 is 2.60 bits per heavy atom. The number of pyridine rings is 1. The fraction of sp³-hybridized carbons (Fsp3) is 0.143. The normalized spacial score (nSPS) is 10.2. The van der Waals surface area contributed by atoms with E-state index in [0.29, 0.717) is 16.3 Å². The van der Waals surface area contributed by atoms with E-state index in [1.807, 2.05) is 25.1 Å². The number of carbonyl (C=O) groups excluding carboxylic acids is 1. The molecule has 0 radical (unpaired) electrons. The number of amides is 1. The topological polar surface area (TPSA) is 45.2 Å². The number of halogens is 2. The molecule has 0 saturated heterocycles. The molecule has 0 fully saturated rings. The number of aromatic nitrogens is 1. The molecule has 104 valence electrons. The lowest BCUT2D eigenvalue weighted by atomic mass is 10.2. The van der Waals surface area contributed by atoms with E-state index >= 15 is 0 Å². The molecule has 0 aliphatic heterocycles. The first-order valence-electron chi connectivity index (χ1n) is 5.88. The summed E-state index contributed by atoms with van der Waals surface area (Å²) in [4.78, 5) is 17.8. The molecule has 2 aromatic rings. The number of nitrogens with zero attached hydrogens (tertiary/aromatic N) is 2. The second-order valence-electron chi connectivity index (χ2n) is 4.36. The first-order chi connectivity index (χ1) is 9.49. The van der Waals surface area contributed by atoms with Gasteiger partial charge in [-0.3, -0.25) is 4.79 Å². The lowest BCUT2D eigenvalue weighted by Gasteiger charge is -2.15. The first-order valence-corrected chi connectivity index (χ1v) is 6.63. The van der Waals surface area contributed by atoms with Crippen LogP contribution in [-0.4, -0.2) is 25.0 Å². The second-order valence-corrected chi connectivity index (χ2v) is 5.12. The number of carbonyl (C=O) groups is 1. The zero-order valence-corrected chi connectivity index (χ0v) is 12.5. The van der Waals surface area contributed by atoms with Gasteiger partial charge in [0.2, 0.25) is 0 Å². The van der Waals surface area contributed by atoms with E-state index in [1.165, 1.54) is 6.20 Å². The number of nitrogens with one attached hydrogen (secondary N) is 1. The minimum atomic E-state index is -0.322. The standard InChI is InChI=1S/C14H13Cl2N3O/c1-19(2)12-6-5-9(8-11(12)15)18-14(20)10-4-3-7-17-13(10)16/h3-8H,1-2H3,(H,18,20). The predicted octanol–water partition coefficient (Wildman–Crippen LogP) is 3.71. The molecule has 1 heterocycles. The number of hydrogen-bond acceptors (Lipinski definition) is 3. The molecule has 0 saturated carbocycles. The van der Waals surface area contributed by atoms with Gasteiger partial charge in [-0.15, -0.1) is 0 Å². The van der Waals surface area contributed by atoms with Gasteiger partial charge in [-0.1, -0.05) is 23.2 Å². The molecule has 1 aromatic carbocycles. The zero-order chi connectivity index (χ0) is 14.7. The molecule has 4 nitrogen and oxygen atoms in total. The number of hydrogen-bond donors (Lipinski definition) is 1. The average molecular weight is 310 g/mol. The molecular formula is C14H13Cl2N3O. The Morgan fingerprint density at radius 1 is 1.25 bits per heavy atom. The van der Waals surface area contributed by atoms with Crippen molar-refractivity contribution in [3.8, 4) is 0 Å². The largest absolute Gasteiger partial charge is 0.376 e. The summed E-state index contributed by atoms with van der Waals surface area (Å²) in [5.41, 5.74) is 1.80. The highest BCUT2D eigenvalue weighted by Crippen LogP contribution is 2.27. The summed E-state index contributed by atoms with van der Waals surface area (Å²) in [6.45, 7) is 0. The highest BCUT2D eigenvalue weighted by Gasteiger charge is 2.12. The Bertz CT molecular complexity index is 644. The van der Waals surface area contributed by atoms with E-state index in [1.54, 1.807) is 24.3 Å². The summed E-state index contributed by atoms with van der Waals surface area (Å²) >= 11 is 12.0. The Hall–Kier alpha value is -1.78. The van der Waals surface area contributed by atoms with Crippen molar-refractivity contribution in [2.45, 2.75) is 0 Å². The maximum atomic E-state index is 12.1. The van der Waals surface area contributed by atoms with Crippen molar-refractivity contribution in [2.24, 2.45) is 0 Å².